The Kier molecular flexibility index (Phi) is 2.47. The van der Waals surface area contributed by atoms with E-state index in [9.17, 15) is 9.50 Å². The maximum Gasteiger partial charge on any atom is 0.123 e. The van der Waals surface area contributed by atoms with Crippen LogP contribution in [0.4, 0.5) is 4.39 Å². The van der Waals surface area contributed by atoms with Gasteiger partial charge in [-0.1, -0.05) is 0 Å². The standard InChI is InChI=1S/C10H10FN3O/c1-7(15)9-6-8(11)2-3-10(9)14-12-4-5-13-14/h2-7,15H,1H3/t7-/m1/s1. The van der Waals surface area contributed by atoms with E-state index >= 15 is 0 Å². The highest BCUT2D eigenvalue weighted by Gasteiger charge is 2.11. The first-order valence-corrected chi connectivity index (χ1v) is 4.52. The number of hydrogen-bond donors (Lipinski definition) is 1. The SMILES string of the molecule is C[C@@H](O)c1cc(F)ccc1-n1nccn1. The molecule has 0 fully saturated rings. The molecule has 0 unspecified atom stereocenters. The van der Waals surface area contributed by atoms with Gasteiger partial charge < -0.3 is 5.11 Å². The first kappa shape index (κ1) is 9.79. The Morgan fingerprint density at radius 1 is 1.33 bits per heavy atom. The van der Waals surface area contributed by atoms with Crippen LogP contribution in [0.2, 0.25) is 0 Å². The molecule has 15 heavy (non-hydrogen) atoms. The molecule has 0 saturated carbocycles. The van der Waals surface area contributed by atoms with Gasteiger partial charge in [-0.05, 0) is 25.1 Å². The van der Waals surface area contributed by atoms with Gasteiger partial charge in [0.2, 0.25) is 0 Å². The smallest absolute Gasteiger partial charge is 0.123 e. The molecule has 2 aromatic rings. The van der Waals surface area contributed by atoms with Crippen molar-refractivity contribution >= 4 is 0 Å². The number of halogens is 1. The van der Waals surface area contributed by atoms with Crippen molar-refractivity contribution < 1.29 is 9.50 Å². The van der Waals surface area contributed by atoms with E-state index in [0.717, 1.165) is 0 Å². The van der Waals surface area contributed by atoms with Gasteiger partial charge in [-0.25, -0.2) is 4.39 Å². The van der Waals surface area contributed by atoms with Crippen molar-refractivity contribution in [2.45, 2.75) is 13.0 Å². The van der Waals surface area contributed by atoms with Crippen molar-refractivity contribution in [1.82, 2.24) is 15.0 Å². The average molecular weight is 207 g/mol. The molecule has 0 saturated heterocycles. The summed E-state index contributed by atoms with van der Waals surface area (Å²) in [6.07, 6.45) is 2.28. The van der Waals surface area contributed by atoms with Crippen LogP contribution in [0.1, 0.15) is 18.6 Å². The highest BCUT2D eigenvalue weighted by atomic mass is 19.1. The van der Waals surface area contributed by atoms with Crippen LogP contribution < -0.4 is 0 Å². The van der Waals surface area contributed by atoms with Gasteiger partial charge >= 0.3 is 0 Å². The summed E-state index contributed by atoms with van der Waals surface area (Å²) < 4.78 is 13.0. The van der Waals surface area contributed by atoms with Gasteiger partial charge in [-0.2, -0.15) is 15.0 Å². The zero-order valence-electron chi connectivity index (χ0n) is 8.13. The number of hydrogen-bond acceptors (Lipinski definition) is 3. The van der Waals surface area contributed by atoms with Crippen LogP contribution in [0.3, 0.4) is 0 Å². The summed E-state index contributed by atoms with van der Waals surface area (Å²) in [6, 6.07) is 4.13. The van der Waals surface area contributed by atoms with E-state index in [1.54, 1.807) is 6.92 Å². The Bertz CT molecular complexity index is 454. The van der Waals surface area contributed by atoms with Crippen LogP contribution >= 0.6 is 0 Å². The quantitative estimate of drug-likeness (QED) is 0.811. The highest BCUT2D eigenvalue weighted by Crippen LogP contribution is 2.21. The topological polar surface area (TPSA) is 50.9 Å². The van der Waals surface area contributed by atoms with Crippen molar-refractivity contribution in [3.8, 4) is 5.69 Å². The second-order valence-electron chi connectivity index (χ2n) is 3.20. The lowest BCUT2D eigenvalue weighted by Crippen LogP contribution is -2.05. The third-order valence-electron chi connectivity index (χ3n) is 2.07. The van der Waals surface area contributed by atoms with Crippen molar-refractivity contribution in [2.75, 3.05) is 0 Å². The Morgan fingerprint density at radius 2 is 2.00 bits per heavy atom. The van der Waals surface area contributed by atoms with Gasteiger partial charge in [0.1, 0.15) is 5.82 Å². The molecule has 0 aliphatic carbocycles. The average Bonchev–Trinajstić information content (AvgIpc) is 2.70. The second-order valence-corrected chi connectivity index (χ2v) is 3.20. The molecular weight excluding hydrogens is 197 g/mol. The van der Waals surface area contributed by atoms with Crippen molar-refractivity contribution in [1.29, 1.82) is 0 Å². The molecule has 1 N–H and O–H groups in total. The van der Waals surface area contributed by atoms with Crippen molar-refractivity contribution in [3.05, 3.63) is 42.0 Å². The number of benzene rings is 1. The Hall–Kier alpha value is -1.75. The van der Waals surface area contributed by atoms with Gasteiger partial charge in [0, 0.05) is 5.56 Å². The summed E-state index contributed by atoms with van der Waals surface area (Å²) in [7, 11) is 0. The van der Waals surface area contributed by atoms with Crippen LogP contribution in [-0.4, -0.2) is 20.1 Å². The van der Waals surface area contributed by atoms with E-state index in [0.29, 0.717) is 11.3 Å². The molecule has 1 aromatic heterocycles. The van der Waals surface area contributed by atoms with E-state index in [-0.39, 0.29) is 5.82 Å². The summed E-state index contributed by atoms with van der Waals surface area (Å²) in [6.45, 7) is 1.57. The number of rotatable bonds is 2. The lowest BCUT2D eigenvalue weighted by atomic mass is 10.1. The summed E-state index contributed by atoms with van der Waals surface area (Å²) in [4.78, 5) is 1.35. The minimum atomic E-state index is -0.762. The normalized spacial score (nSPS) is 12.7. The Labute approximate surface area is 86.0 Å². The van der Waals surface area contributed by atoms with Crippen molar-refractivity contribution in [2.24, 2.45) is 0 Å². The molecule has 1 aromatic carbocycles. The number of aliphatic hydroxyl groups excluding tert-OH is 1. The minimum Gasteiger partial charge on any atom is -0.389 e. The molecule has 0 spiro atoms. The van der Waals surface area contributed by atoms with Gasteiger partial charge in [-0.15, -0.1) is 0 Å². The number of nitrogens with zero attached hydrogens (tertiary/aromatic N) is 3. The zero-order valence-corrected chi connectivity index (χ0v) is 8.13. The molecule has 0 radical (unpaired) electrons. The third-order valence-corrected chi connectivity index (χ3v) is 2.07. The minimum absolute atomic E-state index is 0.387. The fourth-order valence-corrected chi connectivity index (χ4v) is 1.38. The van der Waals surface area contributed by atoms with E-state index in [4.69, 9.17) is 0 Å². The molecule has 0 aliphatic heterocycles. The molecule has 0 aliphatic rings. The van der Waals surface area contributed by atoms with Gasteiger partial charge in [0.25, 0.3) is 0 Å². The van der Waals surface area contributed by atoms with Crippen LogP contribution in [0.25, 0.3) is 5.69 Å². The molecule has 1 atom stereocenters. The maximum absolute atomic E-state index is 13.0. The largest absolute Gasteiger partial charge is 0.389 e. The lowest BCUT2D eigenvalue weighted by molar-refractivity contribution is 0.198. The molecule has 78 valence electrons. The van der Waals surface area contributed by atoms with Crippen LogP contribution in [0, 0.1) is 5.82 Å². The molecule has 4 nitrogen and oxygen atoms in total. The highest BCUT2D eigenvalue weighted by molar-refractivity contribution is 5.40. The zero-order chi connectivity index (χ0) is 10.8. The molecule has 0 amide bonds. The summed E-state index contributed by atoms with van der Waals surface area (Å²) in [5, 5.41) is 17.4. The van der Waals surface area contributed by atoms with E-state index in [2.05, 4.69) is 10.2 Å². The third kappa shape index (κ3) is 1.87. The van der Waals surface area contributed by atoms with Gasteiger partial charge in [-0.3, -0.25) is 0 Å². The summed E-state index contributed by atoms with van der Waals surface area (Å²) in [5.74, 6) is -0.387. The van der Waals surface area contributed by atoms with Crippen molar-refractivity contribution in [3.63, 3.8) is 0 Å². The number of aromatic nitrogens is 3. The molecular formula is C10H10FN3O. The van der Waals surface area contributed by atoms with Crippen LogP contribution in [0.5, 0.6) is 0 Å². The van der Waals surface area contributed by atoms with E-state index in [1.807, 2.05) is 0 Å². The first-order valence-electron chi connectivity index (χ1n) is 4.52. The summed E-state index contributed by atoms with van der Waals surface area (Å²) >= 11 is 0. The molecule has 5 heteroatoms. The van der Waals surface area contributed by atoms with Gasteiger partial charge in [0.05, 0.1) is 24.2 Å². The van der Waals surface area contributed by atoms with E-state index < -0.39 is 6.10 Å². The maximum atomic E-state index is 13.0. The monoisotopic (exact) mass is 207 g/mol. The fourth-order valence-electron chi connectivity index (χ4n) is 1.38. The summed E-state index contributed by atoms with van der Waals surface area (Å²) in [5.41, 5.74) is 1.04. The number of aliphatic hydroxyl groups is 1. The Balaban J connectivity index is 2.56. The van der Waals surface area contributed by atoms with Gasteiger partial charge in [0.15, 0.2) is 0 Å². The first-order chi connectivity index (χ1) is 7.18. The second kappa shape index (κ2) is 3.78. The van der Waals surface area contributed by atoms with Crippen LogP contribution in [0.15, 0.2) is 30.6 Å². The van der Waals surface area contributed by atoms with E-state index in [1.165, 1.54) is 35.4 Å². The predicted octanol–water partition coefficient (Wildman–Crippen LogP) is 1.46. The Morgan fingerprint density at radius 3 is 2.60 bits per heavy atom. The molecule has 0 bridgehead atoms. The predicted molar refractivity (Wildman–Crippen MR) is 52.0 cm³/mol. The fraction of sp³-hybridized carbons (Fsp3) is 0.200. The molecule has 1 heterocycles. The lowest BCUT2D eigenvalue weighted by Gasteiger charge is -2.10. The van der Waals surface area contributed by atoms with Crippen LogP contribution in [-0.2, 0) is 0 Å². The molecule has 2 rings (SSSR count).